The van der Waals surface area contributed by atoms with Crippen molar-refractivity contribution in [2.45, 2.75) is 32.4 Å². The molecule has 2 aromatic rings. The third-order valence-electron chi connectivity index (χ3n) is 4.77. The summed E-state index contributed by atoms with van der Waals surface area (Å²) < 4.78 is 18.0. The van der Waals surface area contributed by atoms with Crippen LogP contribution in [0.1, 0.15) is 23.7 Å². The fourth-order valence-corrected chi connectivity index (χ4v) is 3.15. The van der Waals surface area contributed by atoms with Crippen molar-refractivity contribution in [3.05, 3.63) is 47.4 Å². The van der Waals surface area contributed by atoms with Crippen molar-refractivity contribution in [2.24, 2.45) is 0 Å². The van der Waals surface area contributed by atoms with Gasteiger partial charge in [0.2, 0.25) is 17.7 Å². The van der Waals surface area contributed by atoms with Crippen LogP contribution in [0.3, 0.4) is 0 Å². The van der Waals surface area contributed by atoms with Gasteiger partial charge in [0.1, 0.15) is 5.82 Å². The van der Waals surface area contributed by atoms with E-state index in [1.165, 1.54) is 12.1 Å². The number of nitrogens with zero attached hydrogens (tertiary/aromatic N) is 4. The number of aryl methyl sites for hydroxylation is 1. The van der Waals surface area contributed by atoms with Gasteiger partial charge in [-0.1, -0.05) is 17.3 Å². The van der Waals surface area contributed by atoms with Gasteiger partial charge in [-0.25, -0.2) is 4.39 Å². The molecule has 3 rings (SSSR count). The molecule has 0 bridgehead atoms. The van der Waals surface area contributed by atoms with E-state index >= 15 is 0 Å². The van der Waals surface area contributed by atoms with Crippen LogP contribution in [-0.4, -0.2) is 64.5 Å². The predicted octanol–water partition coefficient (Wildman–Crippen LogP) is 0.909. The lowest BCUT2D eigenvalue weighted by Gasteiger charge is -2.35. The van der Waals surface area contributed by atoms with Crippen LogP contribution < -0.4 is 5.32 Å². The van der Waals surface area contributed by atoms with Crippen molar-refractivity contribution in [2.75, 3.05) is 26.7 Å². The molecule has 9 heteroatoms. The summed E-state index contributed by atoms with van der Waals surface area (Å²) in [5, 5.41) is 6.63. The second kappa shape index (κ2) is 8.92. The lowest BCUT2D eigenvalue weighted by atomic mass is 10.1. The molecular formula is C19H24FN5O3. The summed E-state index contributed by atoms with van der Waals surface area (Å²) in [7, 11) is 1.69. The van der Waals surface area contributed by atoms with Crippen LogP contribution in [0.4, 0.5) is 4.39 Å². The van der Waals surface area contributed by atoms with Gasteiger partial charge in [0, 0.05) is 46.6 Å². The van der Waals surface area contributed by atoms with Gasteiger partial charge in [0.25, 0.3) is 0 Å². The molecule has 8 nitrogen and oxygen atoms in total. The third-order valence-corrected chi connectivity index (χ3v) is 4.77. The highest BCUT2D eigenvalue weighted by Crippen LogP contribution is 2.15. The lowest BCUT2D eigenvalue weighted by Crippen LogP contribution is -2.56. The van der Waals surface area contributed by atoms with Crippen LogP contribution in [0.25, 0.3) is 0 Å². The molecule has 0 saturated carbocycles. The highest BCUT2D eigenvalue weighted by atomic mass is 19.1. The number of benzene rings is 1. The first-order valence-corrected chi connectivity index (χ1v) is 9.21. The second-order valence-corrected chi connectivity index (χ2v) is 6.90. The van der Waals surface area contributed by atoms with Gasteiger partial charge < -0.3 is 14.7 Å². The molecule has 1 aliphatic heterocycles. The summed E-state index contributed by atoms with van der Waals surface area (Å²) in [6, 6.07) is 5.63. The predicted molar refractivity (Wildman–Crippen MR) is 98.6 cm³/mol. The van der Waals surface area contributed by atoms with Crippen LogP contribution in [0.2, 0.25) is 0 Å². The Morgan fingerprint density at radius 2 is 2.14 bits per heavy atom. The minimum atomic E-state index is -0.554. The number of nitrogens with one attached hydrogen (secondary N) is 1. The van der Waals surface area contributed by atoms with E-state index in [-0.39, 0.29) is 24.1 Å². The molecule has 1 fully saturated rings. The highest BCUT2D eigenvalue weighted by molar-refractivity contribution is 5.88. The van der Waals surface area contributed by atoms with E-state index in [0.717, 1.165) is 5.56 Å². The molecule has 2 amide bonds. The van der Waals surface area contributed by atoms with E-state index in [2.05, 4.69) is 15.5 Å². The first kappa shape index (κ1) is 19.9. The molecule has 1 aliphatic rings. The molecule has 1 saturated heterocycles. The first-order chi connectivity index (χ1) is 13.4. The fourth-order valence-electron chi connectivity index (χ4n) is 3.15. The largest absolute Gasteiger partial charge is 0.353 e. The molecule has 1 aromatic carbocycles. The van der Waals surface area contributed by atoms with Crippen LogP contribution in [0.5, 0.6) is 0 Å². The molecule has 2 heterocycles. The maximum Gasteiger partial charge on any atom is 0.237 e. The number of piperazine rings is 1. The average Bonchev–Trinajstić information content (AvgIpc) is 3.09. The molecule has 0 radical (unpaired) electrons. The Bertz CT molecular complexity index is 823. The quantitative estimate of drug-likeness (QED) is 0.757. The summed E-state index contributed by atoms with van der Waals surface area (Å²) in [5.74, 6) is 0.436. The summed E-state index contributed by atoms with van der Waals surface area (Å²) >= 11 is 0. The number of carbonyl (C=O) groups excluding carboxylic acids is 2. The molecular weight excluding hydrogens is 365 g/mol. The fraction of sp³-hybridized carbons (Fsp3) is 0.474. The van der Waals surface area contributed by atoms with Gasteiger partial charge in [-0.3, -0.25) is 14.5 Å². The van der Waals surface area contributed by atoms with Gasteiger partial charge in [-0.05, 0) is 17.7 Å². The zero-order valence-electron chi connectivity index (χ0n) is 16.0. The standard InChI is InChI=1S/C19H24FN5O3/c1-13-22-17(23-28-13)7-9-24(2)18(26)11-16-19(27)21-8-10-25(16)12-14-3-5-15(20)6-4-14/h3-6,16H,7-12H2,1-2H3,(H,21,27). The first-order valence-electron chi connectivity index (χ1n) is 9.21. The Balaban J connectivity index is 1.58. The van der Waals surface area contributed by atoms with Crippen LogP contribution in [0.15, 0.2) is 28.8 Å². The van der Waals surface area contributed by atoms with Crippen molar-refractivity contribution in [1.82, 2.24) is 25.3 Å². The smallest absolute Gasteiger partial charge is 0.237 e. The third kappa shape index (κ3) is 5.13. The van der Waals surface area contributed by atoms with Gasteiger partial charge in [0.05, 0.1) is 12.5 Å². The van der Waals surface area contributed by atoms with E-state index < -0.39 is 6.04 Å². The second-order valence-electron chi connectivity index (χ2n) is 6.90. The van der Waals surface area contributed by atoms with Gasteiger partial charge in [-0.2, -0.15) is 4.98 Å². The van der Waals surface area contributed by atoms with Crippen molar-refractivity contribution in [3.8, 4) is 0 Å². The molecule has 1 unspecified atom stereocenters. The van der Waals surface area contributed by atoms with Crippen molar-refractivity contribution in [3.63, 3.8) is 0 Å². The molecule has 1 atom stereocenters. The van der Waals surface area contributed by atoms with E-state index in [1.54, 1.807) is 31.0 Å². The van der Waals surface area contributed by atoms with Crippen LogP contribution in [0, 0.1) is 12.7 Å². The minimum absolute atomic E-state index is 0.0782. The number of carbonyl (C=O) groups is 2. The van der Waals surface area contributed by atoms with E-state index in [0.29, 0.717) is 44.3 Å². The molecule has 150 valence electrons. The van der Waals surface area contributed by atoms with E-state index in [1.807, 2.05) is 4.90 Å². The number of halogens is 1. The number of hydrogen-bond acceptors (Lipinski definition) is 6. The van der Waals surface area contributed by atoms with Crippen LogP contribution >= 0.6 is 0 Å². The summed E-state index contributed by atoms with van der Waals surface area (Å²) in [6.07, 6.45) is 0.560. The topological polar surface area (TPSA) is 91.6 Å². The Labute approximate surface area is 162 Å². The van der Waals surface area contributed by atoms with Crippen LogP contribution in [-0.2, 0) is 22.6 Å². The number of hydrogen-bond donors (Lipinski definition) is 1. The molecule has 1 aromatic heterocycles. The monoisotopic (exact) mass is 389 g/mol. The van der Waals surface area contributed by atoms with Gasteiger partial charge >= 0.3 is 0 Å². The molecule has 28 heavy (non-hydrogen) atoms. The Morgan fingerprint density at radius 1 is 1.39 bits per heavy atom. The molecule has 0 spiro atoms. The number of aromatic nitrogens is 2. The lowest BCUT2D eigenvalue weighted by molar-refractivity contribution is -0.138. The summed E-state index contributed by atoms with van der Waals surface area (Å²) in [5.41, 5.74) is 0.898. The summed E-state index contributed by atoms with van der Waals surface area (Å²) in [4.78, 5) is 32.7. The zero-order chi connectivity index (χ0) is 20.1. The maximum atomic E-state index is 13.1. The van der Waals surface area contributed by atoms with E-state index in [4.69, 9.17) is 4.52 Å². The molecule has 0 aliphatic carbocycles. The SMILES string of the molecule is Cc1nc(CCN(C)C(=O)CC2C(=O)NCCN2Cc2ccc(F)cc2)no1. The van der Waals surface area contributed by atoms with Crippen molar-refractivity contribution >= 4 is 11.8 Å². The Morgan fingerprint density at radius 3 is 2.82 bits per heavy atom. The maximum absolute atomic E-state index is 13.1. The number of rotatable bonds is 7. The van der Waals surface area contributed by atoms with E-state index in [9.17, 15) is 14.0 Å². The zero-order valence-corrected chi connectivity index (χ0v) is 16.0. The highest BCUT2D eigenvalue weighted by Gasteiger charge is 2.32. The molecule has 1 N–H and O–H groups in total. The summed E-state index contributed by atoms with van der Waals surface area (Å²) in [6.45, 7) is 3.79. The van der Waals surface area contributed by atoms with Gasteiger partial charge in [-0.15, -0.1) is 0 Å². The van der Waals surface area contributed by atoms with Crippen molar-refractivity contribution < 1.29 is 18.5 Å². The minimum Gasteiger partial charge on any atom is -0.353 e. The average molecular weight is 389 g/mol. The number of amides is 2. The Kier molecular flexibility index (Phi) is 6.35. The van der Waals surface area contributed by atoms with Crippen molar-refractivity contribution in [1.29, 1.82) is 0 Å². The van der Waals surface area contributed by atoms with Gasteiger partial charge in [0.15, 0.2) is 5.82 Å². The normalized spacial score (nSPS) is 17.4. The number of likely N-dealkylation sites (N-methyl/N-ethyl adjacent to an activating group) is 1. The Hall–Kier alpha value is -2.81.